The van der Waals surface area contributed by atoms with E-state index >= 15 is 0 Å². The fraction of sp³-hybridized carbons (Fsp3) is 0.231. The molecule has 0 bridgehead atoms. The SMILES string of the molecule is CCOc1ccc(C2C(C(=O)c3ccc(C)o3)=C(O)C(=O)N2Cc2ccccc2)cc1OC. The molecule has 0 fully saturated rings. The zero-order valence-electron chi connectivity index (χ0n) is 18.7. The second-order valence-electron chi connectivity index (χ2n) is 7.67. The van der Waals surface area contributed by atoms with E-state index in [1.165, 1.54) is 18.1 Å². The Balaban J connectivity index is 1.82. The number of rotatable bonds is 8. The number of ether oxygens (including phenoxy) is 2. The Morgan fingerprint density at radius 1 is 1.09 bits per heavy atom. The number of nitrogens with zero attached hydrogens (tertiary/aromatic N) is 1. The second-order valence-corrected chi connectivity index (χ2v) is 7.67. The summed E-state index contributed by atoms with van der Waals surface area (Å²) < 4.78 is 16.6. The summed E-state index contributed by atoms with van der Waals surface area (Å²) in [7, 11) is 1.52. The smallest absolute Gasteiger partial charge is 0.290 e. The number of aliphatic hydroxyl groups is 1. The van der Waals surface area contributed by atoms with Crippen LogP contribution in [-0.2, 0) is 11.3 Å². The van der Waals surface area contributed by atoms with Crippen LogP contribution in [0.1, 0.15) is 40.4 Å². The lowest BCUT2D eigenvalue weighted by atomic mass is 9.94. The fourth-order valence-corrected chi connectivity index (χ4v) is 3.99. The summed E-state index contributed by atoms with van der Waals surface area (Å²) in [5.41, 5.74) is 1.44. The molecule has 0 aliphatic carbocycles. The lowest BCUT2D eigenvalue weighted by molar-refractivity contribution is -0.130. The van der Waals surface area contributed by atoms with E-state index in [1.54, 1.807) is 31.2 Å². The Morgan fingerprint density at radius 3 is 2.48 bits per heavy atom. The van der Waals surface area contributed by atoms with Crippen molar-refractivity contribution in [3.63, 3.8) is 0 Å². The summed E-state index contributed by atoms with van der Waals surface area (Å²) in [5.74, 6) is -0.109. The average Bonchev–Trinajstić information content (AvgIpc) is 3.36. The molecule has 4 rings (SSSR count). The van der Waals surface area contributed by atoms with Gasteiger partial charge in [0.25, 0.3) is 5.91 Å². The zero-order valence-corrected chi connectivity index (χ0v) is 18.7. The third-order valence-corrected chi connectivity index (χ3v) is 5.51. The van der Waals surface area contributed by atoms with Crippen molar-refractivity contribution in [2.75, 3.05) is 13.7 Å². The summed E-state index contributed by atoms with van der Waals surface area (Å²) in [6, 6.07) is 17.0. The van der Waals surface area contributed by atoms with E-state index in [9.17, 15) is 14.7 Å². The summed E-state index contributed by atoms with van der Waals surface area (Å²) in [6.07, 6.45) is 0. The third kappa shape index (κ3) is 4.22. The number of hydrogen-bond donors (Lipinski definition) is 1. The quantitative estimate of drug-likeness (QED) is 0.500. The van der Waals surface area contributed by atoms with Gasteiger partial charge in [0.05, 0.1) is 25.3 Å². The third-order valence-electron chi connectivity index (χ3n) is 5.51. The van der Waals surface area contributed by atoms with Gasteiger partial charge in [0.15, 0.2) is 23.0 Å². The number of aliphatic hydroxyl groups excluding tert-OH is 1. The summed E-state index contributed by atoms with van der Waals surface area (Å²) in [4.78, 5) is 28.0. The van der Waals surface area contributed by atoms with Gasteiger partial charge in [0.1, 0.15) is 5.76 Å². The molecule has 170 valence electrons. The number of benzene rings is 2. The van der Waals surface area contributed by atoms with Crippen LogP contribution >= 0.6 is 0 Å². The van der Waals surface area contributed by atoms with Crippen LogP contribution in [-0.4, -0.2) is 35.4 Å². The molecule has 0 saturated carbocycles. The van der Waals surface area contributed by atoms with Crippen molar-refractivity contribution in [1.29, 1.82) is 0 Å². The molecular weight excluding hydrogens is 422 g/mol. The Bertz CT molecular complexity index is 1210. The fourth-order valence-electron chi connectivity index (χ4n) is 3.99. The standard InChI is InChI=1S/C26H25NO6/c1-4-32-19-13-11-18(14-21(19)31-3)23-22(24(28)20-12-10-16(2)33-20)25(29)26(30)27(23)15-17-8-6-5-7-9-17/h5-14,23,29H,4,15H2,1-3H3. The number of furan rings is 1. The molecule has 1 amide bonds. The summed E-state index contributed by atoms with van der Waals surface area (Å²) in [5, 5.41) is 10.8. The molecule has 0 saturated heterocycles. The first-order chi connectivity index (χ1) is 15.9. The number of carbonyl (C=O) groups is 2. The molecule has 1 aliphatic rings. The predicted octanol–water partition coefficient (Wildman–Crippen LogP) is 4.77. The number of methoxy groups -OCH3 is 1. The van der Waals surface area contributed by atoms with Crippen molar-refractivity contribution in [1.82, 2.24) is 4.90 Å². The van der Waals surface area contributed by atoms with Gasteiger partial charge in [-0.3, -0.25) is 9.59 Å². The van der Waals surface area contributed by atoms with E-state index < -0.39 is 23.5 Å². The van der Waals surface area contributed by atoms with Crippen molar-refractivity contribution in [3.8, 4) is 11.5 Å². The van der Waals surface area contributed by atoms with Gasteiger partial charge in [-0.1, -0.05) is 36.4 Å². The Morgan fingerprint density at radius 2 is 1.85 bits per heavy atom. The summed E-state index contributed by atoms with van der Waals surface area (Å²) in [6.45, 7) is 4.26. The molecule has 1 N–H and O–H groups in total. The van der Waals surface area contributed by atoms with Crippen molar-refractivity contribution in [2.24, 2.45) is 0 Å². The largest absolute Gasteiger partial charge is 0.503 e. The monoisotopic (exact) mass is 447 g/mol. The van der Waals surface area contributed by atoms with Gasteiger partial charge < -0.3 is 23.9 Å². The molecule has 0 spiro atoms. The predicted molar refractivity (Wildman–Crippen MR) is 121 cm³/mol. The minimum atomic E-state index is -0.833. The number of ketones is 1. The molecule has 7 heteroatoms. The second kappa shape index (κ2) is 9.24. The molecule has 2 heterocycles. The zero-order chi connectivity index (χ0) is 23.5. The molecule has 1 atom stereocenters. The van der Waals surface area contributed by atoms with Gasteiger partial charge in [0, 0.05) is 6.54 Å². The Kier molecular flexibility index (Phi) is 6.22. The molecular formula is C26H25NO6. The first-order valence-electron chi connectivity index (χ1n) is 10.6. The number of Topliss-reactive ketones (excluding diaryl/α,β-unsaturated/α-hetero) is 1. The van der Waals surface area contributed by atoms with Crippen molar-refractivity contribution >= 4 is 11.7 Å². The van der Waals surface area contributed by atoms with E-state index in [1.807, 2.05) is 37.3 Å². The Labute approximate surface area is 191 Å². The van der Waals surface area contributed by atoms with Gasteiger partial charge >= 0.3 is 0 Å². The van der Waals surface area contributed by atoms with Gasteiger partial charge in [-0.2, -0.15) is 0 Å². The van der Waals surface area contributed by atoms with Crippen LogP contribution in [0.3, 0.4) is 0 Å². The van der Waals surface area contributed by atoms with Gasteiger partial charge in [0.2, 0.25) is 5.78 Å². The van der Waals surface area contributed by atoms with Crippen molar-refractivity contribution in [2.45, 2.75) is 26.4 Å². The van der Waals surface area contributed by atoms with Gasteiger partial charge in [-0.15, -0.1) is 0 Å². The molecule has 2 aromatic carbocycles. The van der Waals surface area contributed by atoms with Crippen molar-refractivity contribution in [3.05, 3.63) is 94.6 Å². The van der Waals surface area contributed by atoms with Crippen LogP contribution in [0.15, 0.2) is 76.4 Å². The van der Waals surface area contributed by atoms with E-state index in [-0.39, 0.29) is 17.9 Å². The van der Waals surface area contributed by atoms with E-state index in [0.29, 0.717) is 29.4 Å². The first kappa shape index (κ1) is 22.2. The highest BCUT2D eigenvalue weighted by atomic mass is 16.5. The van der Waals surface area contributed by atoms with Gasteiger partial charge in [-0.05, 0) is 49.2 Å². The topological polar surface area (TPSA) is 89.2 Å². The van der Waals surface area contributed by atoms with E-state index in [2.05, 4.69) is 0 Å². The molecule has 7 nitrogen and oxygen atoms in total. The molecule has 33 heavy (non-hydrogen) atoms. The van der Waals surface area contributed by atoms with Crippen LogP contribution in [0.2, 0.25) is 0 Å². The Hall–Kier alpha value is -4.00. The maximum absolute atomic E-state index is 13.4. The molecule has 1 aromatic heterocycles. The van der Waals surface area contributed by atoms with Gasteiger partial charge in [-0.25, -0.2) is 0 Å². The normalized spacial score (nSPS) is 15.8. The average molecular weight is 447 g/mol. The lowest BCUT2D eigenvalue weighted by Gasteiger charge is -2.27. The van der Waals surface area contributed by atoms with Crippen molar-refractivity contribution < 1.29 is 28.6 Å². The first-order valence-corrected chi connectivity index (χ1v) is 10.6. The highest BCUT2D eigenvalue weighted by Gasteiger charge is 2.44. The van der Waals surface area contributed by atoms with Crippen LogP contribution in [0.25, 0.3) is 0 Å². The minimum absolute atomic E-state index is 0.0310. The number of carbonyl (C=O) groups excluding carboxylic acids is 2. The van der Waals surface area contributed by atoms with E-state index in [4.69, 9.17) is 13.9 Å². The maximum Gasteiger partial charge on any atom is 0.290 e. The molecule has 0 radical (unpaired) electrons. The number of aryl methyl sites for hydroxylation is 1. The number of hydrogen-bond acceptors (Lipinski definition) is 6. The maximum atomic E-state index is 13.4. The minimum Gasteiger partial charge on any atom is -0.503 e. The van der Waals surface area contributed by atoms with Crippen LogP contribution < -0.4 is 9.47 Å². The summed E-state index contributed by atoms with van der Waals surface area (Å²) >= 11 is 0. The number of amides is 1. The lowest BCUT2D eigenvalue weighted by Crippen LogP contribution is -2.30. The molecule has 1 aliphatic heterocycles. The van der Waals surface area contributed by atoms with E-state index in [0.717, 1.165) is 5.56 Å². The van der Waals surface area contributed by atoms with Crippen LogP contribution in [0.4, 0.5) is 0 Å². The van der Waals surface area contributed by atoms with Crippen LogP contribution in [0, 0.1) is 6.92 Å². The highest BCUT2D eigenvalue weighted by Crippen LogP contribution is 2.42. The highest BCUT2D eigenvalue weighted by molar-refractivity contribution is 6.15. The molecule has 1 unspecified atom stereocenters. The van der Waals surface area contributed by atoms with Crippen LogP contribution in [0.5, 0.6) is 11.5 Å². The molecule has 3 aromatic rings.